The Morgan fingerprint density at radius 3 is 2.68 bits per heavy atom. The highest BCUT2D eigenvalue weighted by atomic mass is 16.1. The molecule has 2 heterocycles. The third-order valence-corrected chi connectivity index (χ3v) is 3.95. The monoisotopic (exact) mass is 296 g/mol. The van der Waals surface area contributed by atoms with Gasteiger partial charge in [0.15, 0.2) is 0 Å². The van der Waals surface area contributed by atoms with E-state index < -0.39 is 0 Å². The molecule has 0 bridgehead atoms. The summed E-state index contributed by atoms with van der Waals surface area (Å²) in [5, 5.41) is 4.51. The van der Waals surface area contributed by atoms with E-state index in [9.17, 15) is 4.79 Å². The van der Waals surface area contributed by atoms with Gasteiger partial charge in [-0.05, 0) is 26.0 Å². The quantitative estimate of drug-likeness (QED) is 0.800. The summed E-state index contributed by atoms with van der Waals surface area (Å²) in [6.07, 6.45) is 0.685. The number of aromatic nitrogens is 3. The molecular formula is C17H20N4O. The molecule has 0 aliphatic rings. The zero-order chi connectivity index (χ0) is 15.7. The second-order valence-corrected chi connectivity index (χ2v) is 5.37. The lowest BCUT2D eigenvalue weighted by molar-refractivity contribution is 0.685. The molecule has 2 aromatic heterocycles. The lowest BCUT2D eigenvalue weighted by Gasteiger charge is -2.12. The molecule has 0 amide bonds. The number of rotatable bonds is 4. The van der Waals surface area contributed by atoms with E-state index in [1.807, 2.05) is 37.3 Å². The Morgan fingerprint density at radius 1 is 1.23 bits per heavy atom. The van der Waals surface area contributed by atoms with Crippen molar-refractivity contribution in [3.8, 4) is 11.3 Å². The van der Waals surface area contributed by atoms with Gasteiger partial charge in [-0.2, -0.15) is 9.61 Å². The SMILES string of the molecule is CCn1c(CCN)cc(=O)n2nc(-c3ccccc3C)cc12. The van der Waals surface area contributed by atoms with E-state index in [1.165, 1.54) is 4.52 Å². The van der Waals surface area contributed by atoms with Crippen molar-refractivity contribution in [3.63, 3.8) is 0 Å². The first-order chi connectivity index (χ1) is 10.7. The molecule has 3 rings (SSSR count). The molecule has 5 heteroatoms. The summed E-state index contributed by atoms with van der Waals surface area (Å²) < 4.78 is 3.58. The average Bonchev–Trinajstić information content (AvgIpc) is 2.94. The van der Waals surface area contributed by atoms with Gasteiger partial charge in [0.05, 0.1) is 5.69 Å². The largest absolute Gasteiger partial charge is 0.330 e. The molecule has 2 N–H and O–H groups in total. The molecule has 3 aromatic rings. The summed E-state index contributed by atoms with van der Waals surface area (Å²) >= 11 is 0. The van der Waals surface area contributed by atoms with Crippen LogP contribution in [-0.4, -0.2) is 20.7 Å². The minimum Gasteiger partial charge on any atom is -0.330 e. The van der Waals surface area contributed by atoms with Crippen molar-refractivity contribution in [1.82, 2.24) is 14.2 Å². The molecule has 0 saturated carbocycles. The Hall–Kier alpha value is -2.40. The summed E-state index contributed by atoms with van der Waals surface area (Å²) in [5.74, 6) is 0. The molecule has 22 heavy (non-hydrogen) atoms. The van der Waals surface area contributed by atoms with Crippen LogP contribution >= 0.6 is 0 Å². The van der Waals surface area contributed by atoms with Crippen LogP contribution in [0.5, 0.6) is 0 Å². The first-order valence-corrected chi connectivity index (χ1v) is 7.54. The fourth-order valence-electron chi connectivity index (χ4n) is 2.87. The maximum atomic E-state index is 12.3. The van der Waals surface area contributed by atoms with Gasteiger partial charge in [0, 0.05) is 36.4 Å². The predicted molar refractivity (Wildman–Crippen MR) is 88.1 cm³/mol. The second kappa shape index (κ2) is 5.77. The van der Waals surface area contributed by atoms with Gasteiger partial charge in [-0.1, -0.05) is 24.3 Å². The predicted octanol–water partition coefficient (Wildman–Crippen LogP) is 1.99. The van der Waals surface area contributed by atoms with Crippen molar-refractivity contribution in [1.29, 1.82) is 0 Å². The molecule has 0 saturated heterocycles. The van der Waals surface area contributed by atoms with E-state index in [-0.39, 0.29) is 5.56 Å². The Labute approximate surface area is 129 Å². The number of hydrogen-bond donors (Lipinski definition) is 1. The van der Waals surface area contributed by atoms with E-state index in [1.54, 1.807) is 6.07 Å². The fourth-order valence-corrected chi connectivity index (χ4v) is 2.87. The molecule has 0 fully saturated rings. The normalized spacial score (nSPS) is 11.2. The summed E-state index contributed by atoms with van der Waals surface area (Å²) in [6, 6.07) is 11.7. The first-order valence-electron chi connectivity index (χ1n) is 7.54. The Morgan fingerprint density at radius 2 is 2.00 bits per heavy atom. The van der Waals surface area contributed by atoms with Crippen LogP contribution in [0.1, 0.15) is 18.2 Å². The topological polar surface area (TPSA) is 65.3 Å². The first kappa shape index (κ1) is 14.5. The van der Waals surface area contributed by atoms with Crippen LogP contribution in [0.3, 0.4) is 0 Å². The Balaban J connectivity index is 2.28. The van der Waals surface area contributed by atoms with E-state index >= 15 is 0 Å². The molecule has 0 atom stereocenters. The molecule has 0 aliphatic carbocycles. The summed E-state index contributed by atoms with van der Waals surface area (Å²) in [4.78, 5) is 12.3. The fraction of sp³-hybridized carbons (Fsp3) is 0.294. The van der Waals surface area contributed by atoms with Gasteiger partial charge < -0.3 is 10.3 Å². The molecule has 0 spiro atoms. The lowest BCUT2D eigenvalue weighted by Crippen LogP contribution is -2.22. The van der Waals surface area contributed by atoms with Crippen molar-refractivity contribution in [2.45, 2.75) is 26.8 Å². The molecular weight excluding hydrogens is 276 g/mol. The smallest absolute Gasteiger partial charge is 0.274 e. The van der Waals surface area contributed by atoms with Gasteiger partial charge in [-0.3, -0.25) is 4.79 Å². The molecule has 0 radical (unpaired) electrons. The number of nitrogens with two attached hydrogens (primary N) is 1. The molecule has 114 valence electrons. The van der Waals surface area contributed by atoms with Crippen molar-refractivity contribution in [2.75, 3.05) is 6.54 Å². The molecule has 0 unspecified atom stereocenters. The number of benzene rings is 1. The van der Waals surface area contributed by atoms with Crippen LogP contribution < -0.4 is 11.3 Å². The highest BCUT2D eigenvalue weighted by Crippen LogP contribution is 2.23. The summed E-state index contributed by atoms with van der Waals surface area (Å²) in [6.45, 7) is 5.41. The molecule has 0 aliphatic heterocycles. The van der Waals surface area contributed by atoms with Gasteiger partial charge in [-0.25, -0.2) is 0 Å². The van der Waals surface area contributed by atoms with Crippen LogP contribution in [0.4, 0.5) is 0 Å². The third kappa shape index (κ3) is 2.33. The highest BCUT2D eigenvalue weighted by molar-refractivity contribution is 5.67. The summed E-state index contributed by atoms with van der Waals surface area (Å²) in [7, 11) is 0. The van der Waals surface area contributed by atoms with E-state index in [2.05, 4.69) is 16.6 Å². The van der Waals surface area contributed by atoms with Gasteiger partial charge in [0.1, 0.15) is 5.65 Å². The van der Waals surface area contributed by atoms with Crippen molar-refractivity contribution in [2.24, 2.45) is 5.73 Å². The van der Waals surface area contributed by atoms with Gasteiger partial charge in [0.2, 0.25) is 0 Å². The minimum atomic E-state index is -0.108. The van der Waals surface area contributed by atoms with Crippen LogP contribution in [0, 0.1) is 6.92 Å². The number of hydrogen-bond acceptors (Lipinski definition) is 3. The molecule has 5 nitrogen and oxygen atoms in total. The highest BCUT2D eigenvalue weighted by Gasteiger charge is 2.13. The number of nitrogens with zero attached hydrogens (tertiary/aromatic N) is 3. The van der Waals surface area contributed by atoms with Gasteiger partial charge in [0.25, 0.3) is 5.56 Å². The summed E-state index contributed by atoms with van der Waals surface area (Å²) in [5.41, 5.74) is 10.3. The zero-order valence-corrected chi connectivity index (χ0v) is 12.9. The van der Waals surface area contributed by atoms with Crippen LogP contribution in [-0.2, 0) is 13.0 Å². The third-order valence-electron chi connectivity index (χ3n) is 3.95. The van der Waals surface area contributed by atoms with Crippen molar-refractivity contribution >= 4 is 5.65 Å². The van der Waals surface area contributed by atoms with E-state index in [4.69, 9.17) is 5.73 Å². The van der Waals surface area contributed by atoms with Crippen LogP contribution in [0.15, 0.2) is 41.2 Å². The van der Waals surface area contributed by atoms with Crippen LogP contribution in [0.25, 0.3) is 16.9 Å². The Bertz CT molecular complexity index is 876. The van der Waals surface area contributed by atoms with Gasteiger partial charge in [-0.15, -0.1) is 0 Å². The van der Waals surface area contributed by atoms with Crippen molar-refractivity contribution in [3.05, 3.63) is 58.0 Å². The average molecular weight is 296 g/mol. The number of aryl methyl sites for hydroxylation is 2. The van der Waals surface area contributed by atoms with E-state index in [0.717, 1.165) is 34.7 Å². The maximum Gasteiger partial charge on any atom is 0.274 e. The minimum absolute atomic E-state index is 0.108. The lowest BCUT2D eigenvalue weighted by atomic mass is 10.1. The van der Waals surface area contributed by atoms with Crippen LogP contribution in [0.2, 0.25) is 0 Å². The van der Waals surface area contributed by atoms with E-state index in [0.29, 0.717) is 13.0 Å². The standard InChI is InChI=1S/C17H20N4O/c1-3-20-13(8-9-18)10-17(22)21-16(20)11-15(19-21)14-7-5-4-6-12(14)2/h4-7,10-11H,3,8-9,18H2,1-2H3. The number of fused-ring (bicyclic) bond motifs is 1. The zero-order valence-electron chi connectivity index (χ0n) is 12.9. The van der Waals surface area contributed by atoms with Gasteiger partial charge >= 0.3 is 0 Å². The Kier molecular flexibility index (Phi) is 3.81. The van der Waals surface area contributed by atoms with Crippen molar-refractivity contribution < 1.29 is 0 Å². The second-order valence-electron chi connectivity index (χ2n) is 5.37. The maximum absolute atomic E-state index is 12.3. The molecule has 1 aromatic carbocycles.